The smallest absolute Gasteiger partial charge is 0.176 e. The number of hydrogen-bond acceptors (Lipinski definition) is 2. The normalized spacial score (nSPS) is 10.5. The number of aliphatic imine (C=N–C) groups is 1. The number of aromatic amines is 1. The molecule has 0 unspecified atom stereocenters. The zero-order chi connectivity index (χ0) is 7.40. The Morgan fingerprint density at radius 2 is 2.60 bits per heavy atom. The second-order valence-electron chi connectivity index (χ2n) is 1.80. The van der Waals surface area contributed by atoms with Crippen molar-refractivity contribution in [1.82, 2.24) is 9.97 Å². The van der Waals surface area contributed by atoms with Crippen LogP contribution >= 0.6 is 0 Å². The van der Waals surface area contributed by atoms with E-state index in [2.05, 4.69) is 21.7 Å². The topological polar surface area (TPSA) is 41.0 Å². The standard InChI is InChI=1S/C7H9N3/c1-3-4-6-7(8-2)10-5-9-6/h3-5H,2H2,1H3,(H,9,10). The third-order valence-electron chi connectivity index (χ3n) is 1.13. The molecule has 1 rings (SSSR count). The molecule has 0 saturated heterocycles. The fraction of sp³-hybridized carbons (Fsp3) is 0.143. The molecule has 0 bridgehead atoms. The maximum Gasteiger partial charge on any atom is 0.176 e. The summed E-state index contributed by atoms with van der Waals surface area (Å²) in [5, 5.41) is 0. The number of aromatic nitrogens is 2. The average molecular weight is 135 g/mol. The highest BCUT2D eigenvalue weighted by atomic mass is 15.0. The largest absolute Gasteiger partial charge is 0.343 e. The van der Waals surface area contributed by atoms with Crippen molar-refractivity contribution in [2.75, 3.05) is 0 Å². The van der Waals surface area contributed by atoms with Gasteiger partial charge in [-0.3, -0.25) is 0 Å². The Kier molecular flexibility index (Phi) is 1.99. The third kappa shape index (κ3) is 1.13. The van der Waals surface area contributed by atoms with Crippen molar-refractivity contribution in [2.45, 2.75) is 6.92 Å². The fourth-order valence-corrected chi connectivity index (χ4v) is 0.712. The Balaban J connectivity index is 3.00. The van der Waals surface area contributed by atoms with Gasteiger partial charge < -0.3 is 4.98 Å². The molecule has 0 fully saturated rings. The molecule has 1 aromatic heterocycles. The molecule has 0 atom stereocenters. The first-order chi connectivity index (χ1) is 4.88. The van der Waals surface area contributed by atoms with Crippen LogP contribution in [-0.4, -0.2) is 16.7 Å². The molecule has 0 amide bonds. The molecular formula is C7H9N3. The second-order valence-corrected chi connectivity index (χ2v) is 1.80. The maximum absolute atomic E-state index is 3.92. The SMILES string of the molecule is C=Nc1nc[nH]c1C=CC. The van der Waals surface area contributed by atoms with E-state index in [1.807, 2.05) is 19.1 Å². The first kappa shape index (κ1) is 6.74. The number of imidazole rings is 1. The van der Waals surface area contributed by atoms with Gasteiger partial charge in [-0.1, -0.05) is 6.08 Å². The summed E-state index contributed by atoms with van der Waals surface area (Å²) in [6.07, 6.45) is 5.42. The zero-order valence-corrected chi connectivity index (χ0v) is 5.83. The van der Waals surface area contributed by atoms with Crippen molar-refractivity contribution in [1.29, 1.82) is 0 Å². The van der Waals surface area contributed by atoms with E-state index in [9.17, 15) is 0 Å². The Bertz CT molecular complexity index is 247. The van der Waals surface area contributed by atoms with Crippen molar-refractivity contribution in [3.63, 3.8) is 0 Å². The molecule has 0 aliphatic carbocycles. The van der Waals surface area contributed by atoms with Gasteiger partial charge in [-0.15, -0.1) is 0 Å². The highest BCUT2D eigenvalue weighted by Crippen LogP contribution is 2.13. The summed E-state index contributed by atoms with van der Waals surface area (Å²) in [6.45, 7) is 5.32. The van der Waals surface area contributed by atoms with Gasteiger partial charge in [-0.05, 0) is 19.7 Å². The van der Waals surface area contributed by atoms with E-state index in [1.165, 1.54) is 0 Å². The number of hydrogen-bond donors (Lipinski definition) is 1. The van der Waals surface area contributed by atoms with Gasteiger partial charge in [0.05, 0.1) is 12.0 Å². The number of nitrogens with one attached hydrogen (secondary N) is 1. The average Bonchev–Trinajstić information content (AvgIpc) is 2.36. The number of allylic oxidation sites excluding steroid dienone is 1. The van der Waals surface area contributed by atoms with Gasteiger partial charge in [-0.25, -0.2) is 9.98 Å². The summed E-state index contributed by atoms with van der Waals surface area (Å²) in [4.78, 5) is 10.5. The lowest BCUT2D eigenvalue weighted by Crippen LogP contribution is -1.68. The van der Waals surface area contributed by atoms with Gasteiger partial charge in [0.15, 0.2) is 5.82 Å². The van der Waals surface area contributed by atoms with Crippen molar-refractivity contribution < 1.29 is 0 Å². The molecule has 1 aromatic rings. The van der Waals surface area contributed by atoms with Crippen LogP contribution in [0.1, 0.15) is 12.6 Å². The van der Waals surface area contributed by atoms with E-state index in [0.29, 0.717) is 5.82 Å². The molecule has 0 aliphatic heterocycles. The summed E-state index contributed by atoms with van der Waals surface area (Å²) in [5.41, 5.74) is 0.900. The lowest BCUT2D eigenvalue weighted by Gasteiger charge is -1.85. The van der Waals surface area contributed by atoms with Crippen LogP contribution in [0.5, 0.6) is 0 Å². The number of nitrogens with zero attached hydrogens (tertiary/aromatic N) is 2. The van der Waals surface area contributed by atoms with E-state index in [-0.39, 0.29) is 0 Å². The van der Waals surface area contributed by atoms with E-state index < -0.39 is 0 Å². The first-order valence-corrected chi connectivity index (χ1v) is 3.01. The summed E-state index contributed by atoms with van der Waals surface area (Å²) in [7, 11) is 0. The monoisotopic (exact) mass is 135 g/mol. The maximum atomic E-state index is 3.92. The van der Waals surface area contributed by atoms with Gasteiger partial charge >= 0.3 is 0 Å². The van der Waals surface area contributed by atoms with Crippen LogP contribution in [0.15, 0.2) is 17.4 Å². The fourth-order valence-electron chi connectivity index (χ4n) is 0.712. The molecule has 0 aliphatic rings. The van der Waals surface area contributed by atoms with Crippen LogP contribution in [0.4, 0.5) is 5.82 Å². The van der Waals surface area contributed by atoms with Crippen LogP contribution in [-0.2, 0) is 0 Å². The minimum Gasteiger partial charge on any atom is -0.343 e. The Morgan fingerprint density at radius 3 is 3.20 bits per heavy atom. The third-order valence-corrected chi connectivity index (χ3v) is 1.13. The van der Waals surface area contributed by atoms with Gasteiger partial charge in [0.25, 0.3) is 0 Å². The quantitative estimate of drug-likeness (QED) is 0.617. The number of H-pyrrole nitrogens is 1. The van der Waals surface area contributed by atoms with Gasteiger partial charge in [0.2, 0.25) is 0 Å². The molecule has 0 radical (unpaired) electrons. The van der Waals surface area contributed by atoms with Crippen molar-refractivity contribution in [2.24, 2.45) is 4.99 Å². The van der Waals surface area contributed by atoms with Crippen LogP contribution in [0.2, 0.25) is 0 Å². The van der Waals surface area contributed by atoms with Gasteiger partial charge in [-0.2, -0.15) is 0 Å². The van der Waals surface area contributed by atoms with E-state index in [4.69, 9.17) is 0 Å². The summed E-state index contributed by atoms with van der Waals surface area (Å²) in [6, 6.07) is 0. The van der Waals surface area contributed by atoms with Gasteiger partial charge in [0.1, 0.15) is 0 Å². The van der Waals surface area contributed by atoms with Crippen LogP contribution < -0.4 is 0 Å². The highest BCUT2D eigenvalue weighted by molar-refractivity contribution is 5.58. The lowest BCUT2D eigenvalue weighted by molar-refractivity contribution is 1.30. The summed E-state index contributed by atoms with van der Waals surface area (Å²) in [5.74, 6) is 0.651. The molecule has 10 heavy (non-hydrogen) atoms. The molecule has 1 heterocycles. The molecule has 52 valence electrons. The van der Waals surface area contributed by atoms with Crippen LogP contribution in [0, 0.1) is 0 Å². The molecule has 0 aromatic carbocycles. The van der Waals surface area contributed by atoms with E-state index in [0.717, 1.165) is 5.69 Å². The Morgan fingerprint density at radius 1 is 1.80 bits per heavy atom. The molecular weight excluding hydrogens is 126 g/mol. The van der Waals surface area contributed by atoms with Gasteiger partial charge in [0, 0.05) is 0 Å². The van der Waals surface area contributed by atoms with Crippen LogP contribution in [0.3, 0.4) is 0 Å². The second kappa shape index (κ2) is 2.96. The number of rotatable bonds is 2. The molecule has 0 spiro atoms. The highest BCUT2D eigenvalue weighted by Gasteiger charge is 1.95. The zero-order valence-electron chi connectivity index (χ0n) is 5.83. The Hall–Kier alpha value is -1.38. The van der Waals surface area contributed by atoms with Crippen molar-refractivity contribution >= 4 is 18.6 Å². The summed E-state index contributed by atoms with van der Waals surface area (Å²) < 4.78 is 0. The lowest BCUT2D eigenvalue weighted by atomic mass is 10.4. The molecule has 3 heteroatoms. The predicted molar refractivity (Wildman–Crippen MR) is 42.5 cm³/mol. The van der Waals surface area contributed by atoms with Crippen molar-refractivity contribution in [3.8, 4) is 0 Å². The van der Waals surface area contributed by atoms with E-state index in [1.54, 1.807) is 6.33 Å². The minimum atomic E-state index is 0.651. The van der Waals surface area contributed by atoms with Crippen molar-refractivity contribution in [3.05, 3.63) is 18.1 Å². The van der Waals surface area contributed by atoms with E-state index >= 15 is 0 Å². The molecule has 1 N–H and O–H groups in total. The first-order valence-electron chi connectivity index (χ1n) is 3.01. The minimum absolute atomic E-state index is 0.651. The van der Waals surface area contributed by atoms with Crippen LogP contribution in [0.25, 0.3) is 6.08 Å². The molecule has 0 saturated carbocycles. The summed E-state index contributed by atoms with van der Waals surface area (Å²) >= 11 is 0. The Labute approximate surface area is 59.5 Å². The predicted octanol–water partition coefficient (Wildman–Crippen LogP) is 1.77. The molecule has 3 nitrogen and oxygen atoms in total.